The van der Waals surface area contributed by atoms with E-state index in [0.717, 1.165) is 30.4 Å². The second kappa shape index (κ2) is 9.47. The Labute approximate surface area is 208 Å². The van der Waals surface area contributed by atoms with E-state index in [9.17, 15) is 22.8 Å². The fourth-order valence-corrected chi connectivity index (χ4v) is 5.32. The zero-order valence-electron chi connectivity index (χ0n) is 20.2. The number of rotatable bonds is 4. The van der Waals surface area contributed by atoms with E-state index in [0.29, 0.717) is 24.2 Å². The number of piperazine rings is 1. The molecule has 35 heavy (non-hydrogen) atoms. The first-order valence-electron chi connectivity index (χ1n) is 11.7. The molecule has 2 heterocycles. The summed E-state index contributed by atoms with van der Waals surface area (Å²) < 4.78 is 39.8. The topological polar surface area (TPSA) is 43.9 Å². The van der Waals surface area contributed by atoms with Crippen LogP contribution in [0.5, 0.6) is 0 Å². The lowest BCUT2D eigenvalue weighted by Crippen LogP contribution is -2.55. The van der Waals surface area contributed by atoms with Crippen molar-refractivity contribution in [2.75, 3.05) is 36.5 Å². The van der Waals surface area contributed by atoms with Crippen molar-refractivity contribution < 1.29 is 22.8 Å². The molecule has 2 aliphatic heterocycles. The van der Waals surface area contributed by atoms with Crippen LogP contribution in [-0.2, 0) is 23.8 Å². The molecule has 5 nitrogen and oxygen atoms in total. The van der Waals surface area contributed by atoms with Crippen molar-refractivity contribution in [3.05, 3.63) is 57.6 Å². The van der Waals surface area contributed by atoms with Crippen LogP contribution in [0.15, 0.2) is 30.3 Å². The van der Waals surface area contributed by atoms with Gasteiger partial charge in [-0.15, -0.1) is 0 Å². The number of carbonyl (C=O) groups excluding carboxylic acids is 2. The van der Waals surface area contributed by atoms with Gasteiger partial charge in [-0.3, -0.25) is 14.5 Å². The molecule has 0 bridgehead atoms. The zero-order valence-corrected chi connectivity index (χ0v) is 21.0. The minimum atomic E-state index is -4.59. The van der Waals surface area contributed by atoms with Gasteiger partial charge in [-0.2, -0.15) is 13.2 Å². The smallest absolute Gasteiger partial charge is 0.368 e. The zero-order chi connectivity index (χ0) is 25.7. The van der Waals surface area contributed by atoms with Crippen molar-refractivity contribution in [2.24, 2.45) is 0 Å². The lowest BCUT2D eigenvalue weighted by atomic mass is 10.00. The Morgan fingerprint density at radius 3 is 2.34 bits per heavy atom. The van der Waals surface area contributed by atoms with Crippen LogP contribution in [0.25, 0.3) is 0 Å². The molecule has 1 saturated heterocycles. The number of carbonyl (C=O) groups is 2. The van der Waals surface area contributed by atoms with E-state index < -0.39 is 16.8 Å². The molecule has 2 aromatic rings. The highest BCUT2D eigenvalue weighted by Crippen LogP contribution is 2.39. The molecule has 2 aliphatic rings. The summed E-state index contributed by atoms with van der Waals surface area (Å²) in [4.78, 5) is 31.9. The third kappa shape index (κ3) is 4.91. The second-order valence-electron chi connectivity index (χ2n) is 9.57. The van der Waals surface area contributed by atoms with Gasteiger partial charge < -0.3 is 9.80 Å². The number of ketones is 1. The van der Waals surface area contributed by atoms with Crippen molar-refractivity contribution >= 4 is 34.7 Å². The largest absolute Gasteiger partial charge is 0.417 e. The first kappa shape index (κ1) is 25.5. The van der Waals surface area contributed by atoms with Gasteiger partial charge in [0.05, 0.1) is 17.0 Å². The minimum Gasteiger partial charge on any atom is -0.368 e. The van der Waals surface area contributed by atoms with Crippen LogP contribution in [0.4, 0.5) is 24.5 Å². The number of benzene rings is 2. The number of hydrogen-bond acceptors (Lipinski definition) is 4. The van der Waals surface area contributed by atoms with E-state index in [-0.39, 0.29) is 35.8 Å². The standard InChI is InChI=1S/C26H29ClF3N3O2/c1-15-13-32(14-16(2)31(15)4)23-12-22-18(10-20(23)17(3)34)8-9-33(22)24(35)11-19-6-5-7-21(25(19)27)26(28,29)30/h5-7,10,12,15-16H,8-9,11,13-14H2,1-4H3. The normalized spacial score (nSPS) is 20.8. The molecule has 0 spiro atoms. The van der Waals surface area contributed by atoms with E-state index >= 15 is 0 Å². The van der Waals surface area contributed by atoms with Crippen molar-refractivity contribution in [1.82, 2.24) is 4.90 Å². The van der Waals surface area contributed by atoms with Gasteiger partial charge in [0.1, 0.15) is 0 Å². The number of amides is 1. The number of hydrogen-bond donors (Lipinski definition) is 0. The molecule has 4 rings (SSSR count). The lowest BCUT2D eigenvalue weighted by molar-refractivity contribution is -0.137. The summed E-state index contributed by atoms with van der Waals surface area (Å²) in [5.41, 5.74) is 2.21. The Kier molecular flexibility index (Phi) is 6.90. The molecule has 0 radical (unpaired) electrons. The highest BCUT2D eigenvalue weighted by molar-refractivity contribution is 6.32. The quantitative estimate of drug-likeness (QED) is 0.532. The monoisotopic (exact) mass is 507 g/mol. The van der Waals surface area contributed by atoms with E-state index in [1.807, 2.05) is 12.1 Å². The Morgan fingerprint density at radius 2 is 1.74 bits per heavy atom. The van der Waals surface area contributed by atoms with Gasteiger partial charge in [0, 0.05) is 48.7 Å². The van der Waals surface area contributed by atoms with E-state index in [1.165, 1.54) is 12.1 Å². The van der Waals surface area contributed by atoms with Crippen LogP contribution in [-0.4, -0.2) is 55.4 Å². The molecule has 2 unspecified atom stereocenters. The van der Waals surface area contributed by atoms with Crippen molar-refractivity contribution in [3.8, 4) is 0 Å². The summed E-state index contributed by atoms with van der Waals surface area (Å²) in [6.45, 7) is 7.71. The fourth-order valence-electron chi connectivity index (χ4n) is 5.02. The third-order valence-corrected chi connectivity index (χ3v) is 7.65. The van der Waals surface area contributed by atoms with Crippen molar-refractivity contribution in [1.29, 1.82) is 0 Å². The fraction of sp³-hybridized carbons (Fsp3) is 0.462. The van der Waals surface area contributed by atoms with Gasteiger partial charge in [0.15, 0.2) is 5.78 Å². The number of fused-ring (bicyclic) bond motifs is 1. The van der Waals surface area contributed by atoms with Crippen LogP contribution in [0.3, 0.4) is 0 Å². The first-order valence-corrected chi connectivity index (χ1v) is 12.1. The third-order valence-electron chi connectivity index (χ3n) is 7.20. The molecule has 9 heteroatoms. The molecule has 0 N–H and O–H groups in total. The second-order valence-corrected chi connectivity index (χ2v) is 9.95. The van der Waals surface area contributed by atoms with Crippen LogP contribution in [0.1, 0.15) is 47.8 Å². The molecular formula is C26H29ClF3N3O2. The maximum Gasteiger partial charge on any atom is 0.417 e. The first-order chi connectivity index (χ1) is 16.4. The predicted molar refractivity (Wildman–Crippen MR) is 132 cm³/mol. The van der Waals surface area contributed by atoms with Gasteiger partial charge in [-0.25, -0.2) is 0 Å². The Morgan fingerprint density at radius 1 is 1.09 bits per heavy atom. The summed E-state index contributed by atoms with van der Waals surface area (Å²) in [6, 6.07) is 7.96. The predicted octanol–water partition coefficient (Wildman–Crippen LogP) is 5.22. The summed E-state index contributed by atoms with van der Waals surface area (Å²) in [5.74, 6) is -0.367. The molecule has 2 atom stereocenters. The van der Waals surface area contributed by atoms with Gasteiger partial charge in [0.25, 0.3) is 0 Å². The van der Waals surface area contributed by atoms with Gasteiger partial charge in [0.2, 0.25) is 5.91 Å². The Bertz CT molecular complexity index is 1160. The van der Waals surface area contributed by atoms with Crippen LogP contribution < -0.4 is 9.80 Å². The molecule has 1 fully saturated rings. The maximum atomic E-state index is 13.3. The highest BCUT2D eigenvalue weighted by Gasteiger charge is 2.35. The summed E-state index contributed by atoms with van der Waals surface area (Å²) in [7, 11) is 2.08. The van der Waals surface area contributed by atoms with Crippen molar-refractivity contribution in [3.63, 3.8) is 0 Å². The Hall–Kier alpha value is -2.58. The van der Waals surface area contributed by atoms with Gasteiger partial charge in [-0.05, 0) is 63.6 Å². The SMILES string of the molecule is CC(=O)c1cc2c(cc1N1CC(C)N(C)C(C)C1)N(C(=O)Cc1cccc(C(F)(F)F)c1Cl)CC2. The highest BCUT2D eigenvalue weighted by atomic mass is 35.5. The molecule has 0 aromatic heterocycles. The van der Waals surface area contributed by atoms with Crippen LogP contribution >= 0.6 is 11.6 Å². The number of nitrogens with zero attached hydrogens (tertiary/aromatic N) is 3. The molecule has 0 aliphatic carbocycles. The molecular weight excluding hydrogens is 479 g/mol. The van der Waals surface area contributed by atoms with E-state index in [4.69, 9.17) is 11.6 Å². The van der Waals surface area contributed by atoms with E-state index in [2.05, 4.69) is 30.7 Å². The molecule has 0 saturated carbocycles. The maximum absolute atomic E-state index is 13.3. The van der Waals surface area contributed by atoms with E-state index in [1.54, 1.807) is 11.8 Å². The van der Waals surface area contributed by atoms with Crippen LogP contribution in [0, 0.1) is 0 Å². The summed E-state index contributed by atoms with van der Waals surface area (Å²) in [6.07, 6.45) is -4.26. The average molecular weight is 508 g/mol. The Balaban J connectivity index is 1.66. The van der Waals surface area contributed by atoms with Gasteiger partial charge in [-0.1, -0.05) is 23.7 Å². The molecule has 188 valence electrons. The van der Waals surface area contributed by atoms with Crippen LogP contribution in [0.2, 0.25) is 5.02 Å². The number of Topliss-reactive ketones (excluding diaryl/α,β-unsaturated/α-hetero) is 1. The number of alkyl halides is 3. The average Bonchev–Trinajstić information content (AvgIpc) is 3.20. The van der Waals surface area contributed by atoms with Gasteiger partial charge >= 0.3 is 6.18 Å². The summed E-state index contributed by atoms with van der Waals surface area (Å²) >= 11 is 6.03. The molecule has 2 aromatic carbocycles. The number of likely N-dealkylation sites (N-methyl/N-ethyl adjacent to an activating group) is 1. The minimum absolute atomic E-state index is 0.0393. The molecule has 1 amide bonds. The van der Waals surface area contributed by atoms with Crippen molar-refractivity contribution in [2.45, 2.75) is 51.9 Å². The lowest BCUT2D eigenvalue weighted by Gasteiger charge is -2.44. The number of anilines is 2. The summed E-state index contributed by atoms with van der Waals surface area (Å²) in [5, 5.41) is -0.444. The number of halogens is 4.